The normalized spacial score (nSPS) is 10.7. The second kappa shape index (κ2) is 3.23. The highest BCUT2D eigenvalue weighted by molar-refractivity contribution is 6.01. The summed E-state index contributed by atoms with van der Waals surface area (Å²) in [7, 11) is 0. The standard InChI is InChI=1S/C9H8N2O4/c1-2-5-7-4(9(13)14)3-6(12)10-8(7)15-11-5/h3H,2H2,1H3,(H,10,12)(H,13,14). The van der Waals surface area contributed by atoms with Crippen LogP contribution in [-0.2, 0) is 6.42 Å². The average Bonchev–Trinajstić information content (AvgIpc) is 2.58. The molecule has 2 heterocycles. The number of aromatic amines is 1. The summed E-state index contributed by atoms with van der Waals surface area (Å²) in [5.74, 6) is -1.16. The van der Waals surface area contributed by atoms with E-state index in [1.807, 2.05) is 6.92 Å². The summed E-state index contributed by atoms with van der Waals surface area (Å²) < 4.78 is 4.84. The zero-order chi connectivity index (χ0) is 11.0. The lowest BCUT2D eigenvalue weighted by atomic mass is 10.1. The number of fused-ring (bicyclic) bond motifs is 1. The Balaban J connectivity index is 2.91. The molecule has 6 nitrogen and oxygen atoms in total. The molecule has 0 spiro atoms. The third kappa shape index (κ3) is 1.39. The van der Waals surface area contributed by atoms with Gasteiger partial charge in [-0.05, 0) is 6.42 Å². The molecule has 15 heavy (non-hydrogen) atoms. The summed E-state index contributed by atoms with van der Waals surface area (Å²) >= 11 is 0. The number of nitrogens with zero attached hydrogens (tertiary/aromatic N) is 1. The number of carbonyl (C=O) groups is 1. The Hall–Kier alpha value is -2.11. The Morgan fingerprint density at radius 1 is 1.67 bits per heavy atom. The van der Waals surface area contributed by atoms with E-state index in [2.05, 4.69) is 10.1 Å². The summed E-state index contributed by atoms with van der Waals surface area (Å²) in [6, 6.07) is 1.03. The van der Waals surface area contributed by atoms with Gasteiger partial charge in [0.2, 0.25) is 5.71 Å². The molecule has 0 atom stereocenters. The summed E-state index contributed by atoms with van der Waals surface area (Å²) in [6.07, 6.45) is 0.541. The Morgan fingerprint density at radius 2 is 2.40 bits per heavy atom. The van der Waals surface area contributed by atoms with Gasteiger partial charge in [0.05, 0.1) is 16.6 Å². The van der Waals surface area contributed by atoms with Crippen LogP contribution in [0.1, 0.15) is 23.0 Å². The molecule has 0 unspecified atom stereocenters. The number of hydrogen-bond acceptors (Lipinski definition) is 4. The summed E-state index contributed by atoms with van der Waals surface area (Å²) in [5, 5.41) is 13.0. The van der Waals surface area contributed by atoms with Gasteiger partial charge < -0.3 is 9.63 Å². The predicted octanol–water partition coefficient (Wildman–Crippen LogP) is 0.777. The molecular formula is C9H8N2O4. The molecule has 0 aliphatic heterocycles. The van der Waals surface area contributed by atoms with Gasteiger partial charge in [-0.3, -0.25) is 9.78 Å². The molecule has 0 aromatic carbocycles. The lowest BCUT2D eigenvalue weighted by molar-refractivity contribution is 0.0698. The Kier molecular flexibility index (Phi) is 2.03. The smallest absolute Gasteiger partial charge is 0.336 e. The maximum atomic E-state index is 11.1. The van der Waals surface area contributed by atoms with Crippen LogP contribution in [0.2, 0.25) is 0 Å². The van der Waals surface area contributed by atoms with Gasteiger partial charge in [-0.2, -0.15) is 0 Å². The first kappa shape index (κ1) is 9.45. The largest absolute Gasteiger partial charge is 0.478 e. The van der Waals surface area contributed by atoms with Crippen LogP contribution in [0, 0.1) is 0 Å². The number of carboxylic acid groups (broad SMARTS) is 1. The van der Waals surface area contributed by atoms with Crippen molar-refractivity contribution in [3.8, 4) is 0 Å². The van der Waals surface area contributed by atoms with Gasteiger partial charge in [-0.1, -0.05) is 12.1 Å². The van der Waals surface area contributed by atoms with Gasteiger partial charge in [-0.15, -0.1) is 0 Å². The summed E-state index contributed by atoms with van der Waals surface area (Å²) in [6.45, 7) is 1.83. The van der Waals surface area contributed by atoms with E-state index in [9.17, 15) is 9.59 Å². The fraction of sp³-hybridized carbons (Fsp3) is 0.222. The van der Waals surface area contributed by atoms with Crippen LogP contribution in [0.15, 0.2) is 15.4 Å². The fourth-order valence-electron chi connectivity index (χ4n) is 1.45. The zero-order valence-corrected chi connectivity index (χ0v) is 7.90. The summed E-state index contributed by atoms with van der Waals surface area (Å²) in [4.78, 5) is 24.4. The molecule has 0 aliphatic rings. The van der Waals surface area contributed by atoms with Crippen LogP contribution in [0.25, 0.3) is 11.1 Å². The fourth-order valence-corrected chi connectivity index (χ4v) is 1.45. The van der Waals surface area contributed by atoms with Crippen LogP contribution in [0.4, 0.5) is 0 Å². The molecule has 0 radical (unpaired) electrons. The van der Waals surface area contributed by atoms with Gasteiger partial charge in [0, 0.05) is 6.07 Å². The first-order valence-electron chi connectivity index (χ1n) is 4.38. The first-order chi connectivity index (χ1) is 7.13. The van der Waals surface area contributed by atoms with E-state index in [1.165, 1.54) is 0 Å². The van der Waals surface area contributed by atoms with Crippen molar-refractivity contribution in [2.45, 2.75) is 13.3 Å². The minimum absolute atomic E-state index is 0.0770. The molecule has 0 aliphatic carbocycles. The number of aromatic nitrogens is 2. The van der Waals surface area contributed by atoms with E-state index in [0.717, 1.165) is 6.07 Å². The third-order valence-corrected chi connectivity index (χ3v) is 2.11. The van der Waals surface area contributed by atoms with Crippen LogP contribution >= 0.6 is 0 Å². The second-order valence-corrected chi connectivity index (χ2v) is 3.04. The molecular weight excluding hydrogens is 200 g/mol. The number of pyridine rings is 1. The molecule has 0 bridgehead atoms. The van der Waals surface area contributed by atoms with E-state index in [-0.39, 0.29) is 11.3 Å². The monoisotopic (exact) mass is 208 g/mol. The number of aromatic carboxylic acids is 1. The summed E-state index contributed by atoms with van der Waals surface area (Å²) in [5.41, 5.74) is 0.0425. The molecule has 0 saturated carbocycles. The van der Waals surface area contributed by atoms with Gasteiger partial charge >= 0.3 is 5.97 Å². The van der Waals surface area contributed by atoms with E-state index in [1.54, 1.807) is 0 Å². The van der Waals surface area contributed by atoms with Gasteiger partial charge in [0.1, 0.15) is 0 Å². The average molecular weight is 208 g/mol. The van der Waals surface area contributed by atoms with Crippen molar-refractivity contribution in [3.05, 3.63) is 27.7 Å². The Bertz CT molecular complexity index is 581. The van der Waals surface area contributed by atoms with Crippen molar-refractivity contribution < 1.29 is 14.4 Å². The van der Waals surface area contributed by atoms with Crippen molar-refractivity contribution in [2.24, 2.45) is 0 Å². The maximum absolute atomic E-state index is 11.1. The van der Waals surface area contributed by atoms with Crippen molar-refractivity contribution in [3.63, 3.8) is 0 Å². The number of aryl methyl sites for hydroxylation is 1. The number of hydrogen-bond donors (Lipinski definition) is 2. The number of carboxylic acids is 1. The van der Waals surface area contributed by atoms with Crippen LogP contribution in [0.5, 0.6) is 0 Å². The molecule has 6 heteroatoms. The molecule has 0 amide bonds. The quantitative estimate of drug-likeness (QED) is 0.760. The van der Waals surface area contributed by atoms with E-state index in [4.69, 9.17) is 9.63 Å². The van der Waals surface area contributed by atoms with Gasteiger partial charge in [0.15, 0.2) is 0 Å². The predicted molar refractivity (Wildman–Crippen MR) is 51.0 cm³/mol. The number of H-pyrrole nitrogens is 1. The Labute approximate surface area is 83.5 Å². The van der Waals surface area contributed by atoms with Crippen LogP contribution in [-0.4, -0.2) is 21.2 Å². The zero-order valence-electron chi connectivity index (χ0n) is 7.90. The van der Waals surface area contributed by atoms with E-state index in [0.29, 0.717) is 17.5 Å². The molecule has 2 N–H and O–H groups in total. The second-order valence-electron chi connectivity index (χ2n) is 3.04. The molecule has 78 valence electrons. The highest BCUT2D eigenvalue weighted by Crippen LogP contribution is 2.19. The molecule has 2 aromatic rings. The number of rotatable bonds is 2. The molecule has 0 saturated heterocycles. The van der Waals surface area contributed by atoms with Crippen LogP contribution < -0.4 is 5.56 Å². The topological polar surface area (TPSA) is 96.2 Å². The van der Waals surface area contributed by atoms with Crippen molar-refractivity contribution in [1.29, 1.82) is 0 Å². The molecule has 2 aromatic heterocycles. The number of nitrogens with one attached hydrogen (secondary N) is 1. The minimum Gasteiger partial charge on any atom is -0.478 e. The van der Waals surface area contributed by atoms with Crippen LogP contribution in [0.3, 0.4) is 0 Å². The first-order valence-corrected chi connectivity index (χ1v) is 4.38. The van der Waals surface area contributed by atoms with Crippen molar-refractivity contribution in [1.82, 2.24) is 10.1 Å². The Morgan fingerprint density at radius 3 is 3.00 bits per heavy atom. The maximum Gasteiger partial charge on any atom is 0.336 e. The highest BCUT2D eigenvalue weighted by atomic mass is 16.5. The molecule has 0 fully saturated rings. The van der Waals surface area contributed by atoms with E-state index >= 15 is 0 Å². The minimum atomic E-state index is -1.16. The van der Waals surface area contributed by atoms with Gasteiger partial charge in [-0.25, -0.2) is 4.79 Å². The van der Waals surface area contributed by atoms with Crippen molar-refractivity contribution >= 4 is 17.1 Å². The van der Waals surface area contributed by atoms with Gasteiger partial charge in [0.25, 0.3) is 5.56 Å². The lowest BCUT2D eigenvalue weighted by Gasteiger charge is -1.95. The highest BCUT2D eigenvalue weighted by Gasteiger charge is 2.17. The SMILES string of the molecule is CCc1noc2[nH]c(=O)cc(C(=O)O)c12. The third-order valence-electron chi connectivity index (χ3n) is 2.11. The lowest BCUT2D eigenvalue weighted by Crippen LogP contribution is -2.09. The van der Waals surface area contributed by atoms with E-state index < -0.39 is 11.5 Å². The molecule has 2 rings (SSSR count). The van der Waals surface area contributed by atoms with Crippen molar-refractivity contribution in [2.75, 3.05) is 0 Å².